The van der Waals surface area contributed by atoms with Crippen molar-refractivity contribution in [3.63, 3.8) is 0 Å². The first-order chi connectivity index (χ1) is 11.1. The largest absolute Gasteiger partial charge is 0.459 e. The van der Waals surface area contributed by atoms with Gasteiger partial charge in [0.25, 0.3) is 0 Å². The third kappa shape index (κ3) is 3.78. The molecule has 0 spiro atoms. The highest BCUT2D eigenvalue weighted by Gasteiger charge is 2.18. The summed E-state index contributed by atoms with van der Waals surface area (Å²) in [6, 6.07) is 16.5. The number of nitrogens with one attached hydrogen (secondary N) is 1. The van der Waals surface area contributed by atoms with Crippen LogP contribution in [0.25, 0.3) is 11.0 Å². The van der Waals surface area contributed by atoms with Crippen LogP contribution in [0.1, 0.15) is 17.4 Å². The fourth-order valence-corrected chi connectivity index (χ4v) is 2.62. The minimum absolute atomic E-state index is 0.0945. The molecule has 0 fully saturated rings. The summed E-state index contributed by atoms with van der Waals surface area (Å²) in [7, 11) is 4.07. The Kier molecular flexibility index (Phi) is 4.74. The summed E-state index contributed by atoms with van der Waals surface area (Å²) in [6.45, 7) is 1.73. The Bertz CT molecular complexity index is 731. The van der Waals surface area contributed by atoms with Gasteiger partial charge in [0.15, 0.2) is 0 Å². The standard InChI is InChI=1S/C19H21FN2O/c1-22(2)12-11-21-19(14-7-9-16(20)10-8-14)18-13-15-5-3-4-6-17(15)23-18/h3-10,13,19,21H,11-12H2,1-2H3. The number of hydrogen-bond donors (Lipinski definition) is 1. The van der Waals surface area contributed by atoms with Crippen LogP contribution < -0.4 is 5.32 Å². The predicted octanol–water partition coefficient (Wildman–Crippen LogP) is 3.81. The van der Waals surface area contributed by atoms with Gasteiger partial charge in [0, 0.05) is 18.5 Å². The SMILES string of the molecule is CN(C)CCNC(c1ccc(F)cc1)c1cc2ccccc2o1. The number of nitrogens with zero attached hydrogens (tertiary/aromatic N) is 1. The van der Waals surface area contributed by atoms with Crippen LogP contribution in [0.2, 0.25) is 0 Å². The molecule has 0 aliphatic rings. The van der Waals surface area contributed by atoms with Gasteiger partial charge in [0.05, 0.1) is 6.04 Å². The van der Waals surface area contributed by atoms with Crippen LogP contribution in [0.4, 0.5) is 4.39 Å². The third-order valence-electron chi connectivity index (χ3n) is 3.84. The minimum atomic E-state index is -0.231. The van der Waals surface area contributed by atoms with E-state index in [9.17, 15) is 4.39 Å². The van der Waals surface area contributed by atoms with Gasteiger partial charge < -0.3 is 14.6 Å². The van der Waals surface area contributed by atoms with Crippen molar-refractivity contribution in [2.24, 2.45) is 0 Å². The second kappa shape index (κ2) is 6.94. The highest BCUT2D eigenvalue weighted by Crippen LogP contribution is 2.28. The van der Waals surface area contributed by atoms with E-state index in [1.807, 2.05) is 44.4 Å². The highest BCUT2D eigenvalue weighted by atomic mass is 19.1. The first-order valence-electron chi connectivity index (χ1n) is 7.75. The molecule has 0 aliphatic heterocycles. The maximum Gasteiger partial charge on any atom is 0.134 e. The van der Waals surface area contributed by atoms with Gasteiger partial charge in [-0.3, -0.25) is 0 Å². The Balaban J connectivity index is 1.91. The van der Waals surface area contributed by atoms with Crippen molar-refractivity contribution in [2.45, 2.75) is 6.04 Å². The van der Waals surface area contributed by atoms with Gasteiger partial charge in [-0.2, -0.15) is 0 Å². The summed E-state index contributed by atoms with van der Waals surface area (Å²) in [5, 5.41) is 4.58. The molecule has 0 saturated heterocycles. The lowest BCUT2D eigenvalue weighted by molar-refractivity contribution is 0.381. The second-order valence-electron chi connectivity index (χ2n) is 5.93. The molecule has 0 radical (unpaired) electrons. The number of benzene rings is 2. The summed E-state index contributed by atoms with van der Waals surface area (Å²) in [6.07, 6.45) is 0. The quantitative estimate of drug-likeness (QED) is 0.750. The van der Waals surface area contributed by atoms with E-state index in [2.05, 4.69) is 10.2 Å². The van der Waals surface area contributed by atoms with E-state index in [0.717, 1.165) is 35.4 Å². The molecule has 120 valence electrons. The Morgan fingerprint density at radius 2 is 1.83 bits per heavy atom. The van der Waals surface area contributed by atoms with Crippen LogP contribution in [0.5, 0.6) is 0 Å². The van der Waals surface area contributed by atoms with Crippen molar-refractivity contribution in [3.05, 3.63) is 71.7 Å². The van der Waals surface area contributed by atoms with E-state index in [0.29, 0.717) is 0 Å². The first-order valence-corrected chi connectivity index (χ1v) is 7.75. The molecule has 1 heterocycles. The average Bonchev–Trinajstić information content (AvgIpc) is 2.96. The predicted molar refractivity (Wildman–Crippen MR) is 91.0 cm³/mol. The van der Waals surface area contributed by atoms with E-state index >= 15 is 0 Å². The van der Waals surface area contributed by atoms with Gasteiger partial charge >= 0.3 is 0 Å². The van der Waals surface area contributed by atoms with E-state index in [1.165, 1.54) is 12.1 Å². The van der Waals surface area contributed by atoms with Crippen LogP contribution >= 0.6 is 0 Å². The molecule has 0 aliphatic carbocycles. The van der Waals surface area contributed by atoms with Gasteiger partial charge in [-0.1, -0.05) is 30.3 Å². The first kappa shape index (κ1) is 15.7. The van der Waals surface area contributed by atoms with Crippen molar-refractivity contribution in [1.82, 2.24) is 10.2 Å². The topological polar surface area (TPSA) is 28.4 Å². The molecule has 0 amide bonds. The fourth-order valence-electron chi connectivity index (χ4n) is 2.62. The smallest absolute Gasteiger partial charge is 0.134 e. The Hall–Kier alpha value is -2.17. The Morgan fingerprint density at radius 1 is 1.09 bits per heavy atom. The summed E-state index contributed by atoms with van der Waals surface area (Å²) < 4.78 is 19.2. The number of furan rings is 1. The zero-order chi connectivity index (χ0) is 16.2. The van der Waals surface area contributed by atoms with Gasteiger partial charge in [-0.15, -0.1) is 0 Å². The molecule has 1 atom stereocenters. The minimum Gasteiger partial charge on any atom is -0.459 e. The maximum atomic E-state index is 13.2. The molecule has 3 nitrogen and oxygen atoms in total. The molecule has 3 aromatic rings. The summed E-state index contributed by atoms with van der Waals surface area (Å²) >= 11 is 0. The molecule has 1 unspecified atom stereocenters. The number of fused-ring (bicyclic) bond motifs is 1. The van der Waals surface area contributed by atoms with Gasteiger partial charge in [-0.25, -0.2) is 4.39 Å². The Morgan fingerprint density at radius 3 is 2.52 bits per heavy atom. The molecular formula is C19H21FN2O. The highest BCUT2D eigenvalue weighted by molar-refractivity contribution is 5.77. The second-order valence-corrected chi connectivity index (χ2v) is 5.93. The number of para-hydroxylation sites is 1. The molecule has 0 bridgehead atoms. The molecule has 2 aromatic carbocycles. The lowest BCUT2D eigenvalue weighted by Crippen LogP contribution is -2.30. The molecule has 3 rings (SSSR count). The zero-order valence-electron chi connectivity index (χ0n) is 13.4. The molecule has 1 aromatic heterocycles. The van der Waals surface area contributed by atoms with Crippen LogP contribution in [0.15, 0.2) is 59.0 Å². The lowest BCUT2D eigenvalue weighted by atomic mass is 10.0. The fraction of sp³-hybridized carbons (Fsp3) is 0.263. The van der Waals surface area contributed by atoms with E-state index in [-0.39, 0.29) is 11.9 Å². The van der Waals surface area contributed by atoms with E-state index in [4.69, 9.17) is 4.42 Å². The van der Waals surface area contributed by atoms with Gasteiger partial charge in [0.1, 0.15) is 17.2 Å². The monoisotopic (exact) mass is 312 g/mol. The van der Waals surface area contributed by atoms with E-state index in [1.54, 1.807) is 12.1 Å². The van der Waals surface area contributed by atoms with Crippen LogP contribution in [0.3, 0.4) is 0 Å². The summed E-state index contributed by atoms with van der Waals surface area (Å²) in [4.78, 5) is 2.12. The average molecular weight is 312 g/mol. The molecule has 0 saturated carbocycles. The van der Waals surface area contributed by atoms with Crippen molar-refractivity contribution in [1.29, 1.82) is 0 Å². The molecule has 1 N–H and O–H groups in total. The molecule has 4 heteroatoms. The van der Waals surface area contributed by atoms with Crippen molar-refractivity contribution >= 4 is 11.0 Å². The third-order valence-corrected chi connectivity index (χ3v) is 3.84. The van der Waals surface area contributed by atoms with Crippen molar-refractivity contribution in [2.75, 3.05) is 27.2 Å². The van der Waals surface area contributed by atoms with Crippen molar-refractivity contribution in [3.8, 4) is 0 Å². The van der Waals surface area contributed by atoms with Crippen molar-refractivity contribution < 1.29 is 8.81 Å². The number of hydrogen-bond acceptors (Lipinski definition) is 3. The maximum absolute atomic E-state index is 13.2. The van der Waals surface area contributed by atoms with Crippen LogP contribution in [-0.4, -0.2) is 32.1 Å². The number of halogens is 1. The lowest BCUT2D eigenvalue weighted by Gasteiger charge is -2.19. The summed E-state index contributed by atoms with van der Waals surface area (Å²) in [5.74, 6) is 0.613. The normalized spacial score (nSPS) is 12.9. The van der Waals surface area contributed by atoms with Crippen LogP contribution in [0, 0.1) is 5.82 Å². The number of likely N-dealkylation sites (N-methyl/N-ethyl adjacent to an activating group) is 1. The molecular weight excluding hydrogens is 291 g/mol. The zero-order valence-corrected chi connectivity index (χ0v) is 13.4. The Labute approximate surface area is 135 Å². The number of rotatable bonds is 6. The molecule has 23 heavy (non-hydrogen) atoms. The van der Waals surface area contributed by atoms with Gasteiger partial charge in [-0.05, 0) is 43.9 Å². The van der Waals surface area contributed by atoms with Crippen LogP contribution in [-0.2, 0) is 0 Å². The van der Waals surface area contributed by atoms with E-state index < -0.39 is 0 Å². The summed E-state index contributed by atoms with van der Waals surface area (Å²) in [5.41, 5.74) is 1.85. The van der Waals surface area contributed by atoms with Gasteiger partial charge in [0.2, 0.25) is 0 Å².